The second-order valence-electron chi connectivity index (χ2n) is 4.30. The Kier molecular flexibility index (Phi) is 4.70. The fourth-order valence-electron chi connectivity index (χ4n) is 2.10. The van der Waals surface area contributed by atoms with Crippen molar-refractivity contribution in [2.45, 2.75) is 12.8 Å². The highest BCUT2D eigenvalue weighted by atomic mass is 16.4. The summed E-state index contributed by atoms with van der Waals surface area (Å²) in [5, 5.41) is 21.7. The van der Waals surface area contributed by atoms with Crippen molar-refractivity contribution < 1.29 is 10.3 Å². The maximum atomic E-state index is 9.32. The van der Waals surface area contributed by atoms with Gasteiger partial charge in [0.2, 0.25) is 0 Å². The average Bonchev–Trinajstić information content (AvgIpc) is 2.48. The molecule has 3 nitrogen and oxygen atoms in total. The van der Waals surface area contributed by atoms with E-state index in [1.165, 1.54) is 0 Å². The fourth-order valence-corrected chi connectivity index (χ4v) is 2.10. The first-order valence-electron chi connectivity index (χ1n) is 6.33. The van der Waals surface area contributed by atoms with E-state index in [0.29, 0.717) is 12.1 Å². The van der Waals surface area contributed by atoms with Crippen LogP contribution in [0.4, 0.5) is 0 Å². The number of aliphatic hydroxyl groups is 1. The minimum Gasteiger partial charge on any atom is -0.410 e. The molecule has 0 spiro atoms. The third-order valence-corrected chi connectivity index (χ3v) is 3.02. The van der Waals surface area contributed by atoms with E-state index in [2.05, 4.69) is 5.16 Å². The van der Waals surface area contributed by atoms with Crippen LogP contribution in [0.2, 0.25) is 0 Å². The predicted molar refractivity (Wildman–Crippen MR) is 75.7 cm³/mol. The van der Waals surface area contributed by atoms with Gasteiger partial charge in [0.25, 0.3) is 0 Å². The van der Waals surface area contributed by atoms with Gasteiger partial charge in [0, 0.05) is 17.7 Å². The SMILES string of the molecule is OCCCc1ccccc1C(=NO)c1ccccc1. The van der Waals surface area contributed by atoms with Crippen molar-refractivity contribution in [2.24, 2.45) is 5.16 Å². The molecule has 0 unspecified atom stereocenters. The summed E-state index contributed by atoms with van der Waals surface area (Å²) in [7, 11) is 0. The minimum atomic E-state index is 0.158. The molecule has 0 amide bonds. The Balaban J connectivity index is 2.39. The largest absolute Gasteiger partial charge is 0.410 e. The van der Waals surface area contributed by atoms with E-state index in [1.54, 1.807) is 0 Å². The van der Waals surface area contributed by atoms with Gasteiger partial charge < -0.3 is 10.3 Å². The van der Waals surface area contributed by atoms with Gasteiger partial charge in [0.15, 0.2) is 0 Å². The molecule has 3 heteroatoms. The average molecular weight is 255 g/mol. The molecule has 0 fully saturated rings. The number of benzene rings is 2. The Morgan fingerprint density at radius 2 is 1.63 bits per heavy atom. The van der Waals surface area contributed by atoms with Gasteiger partial charge in [0.1, 0.15) is 5.71 Å². The monoisotopic (exact) mass is 255 g/mol. The summed E-state index contributed by atoms with van der Waals surface area (Å²) in [5.74, 6) is 0. The van der Waals surface area contributed by atoms with Crippen LogP contribution in [0.1, 0.15) is 23.1 Å². The highest BCUT2D eigenvalue weighted by molar-refractivity contribution is 6.13. The zero-order valence-corrected chi connectivity index (χ0v) is 10.7. The summed E-state index contributed by atoms with van der Waals surface area (Å²) in [5.41, 5.74) is 3.42. The second kappa shape index (κ2) is 6.71. The summed E-state index contributed by atoms with van der Waals surface area (Å²) < 4.78 is 0. The molecule has 0 aliphatic carbocycles. The third-order valence-electron chi connectivity index (χ3n) is 3.02. The standard InChI is InChI=1S/C16H17NO2/c18-12-6-10-13-7-4-5-11-15(13)16(17-19)14-8-2-1-3-9-14/h1-5,7-9,11,18-19H,6,10,12H2. The molecule has 0 atom stereocenters. The van der Waals surface area contributed by atoms with E-state index in [-0.39, 0.29) is 6.61 Å². The highest BCUT2D eigenvalue weighted by Gasteiger charge is 2.11. The normalized spacial score (nSPS) is 11.5. The first-order valence-corrected chi connectivity index (χ1v) is 6.33. The number of oxime groups is 1. The molecular formula is C16H17NO2. The number of rotatable bonds is 5. The molecule has 2 aromatic carbocycles. The maximum absolute atomic E-state index is 9.32. The van der Waals surface area contributed by atoms with E-state index in [9.17, 15) is 5.21 Å². The summed E-state index contributed by atoms with van der Waals surface area (Å²) in [4.78, 5) is 0. The third kappa shape index (κ3) is 3.20. The van der Waals surface area contributed by atoms with Crippen LogP contribution in [0.25, 0.3) is 0 Å². The molecule has 0 aliphatic rings. The molecule has 19 heavy (non-hydrogen) atoms. The van der Waals surface area contributed by atoms with Crippen molar-refractivity contribution in [3.8, 4) is 0 Å². The zero-order chi connectivity index (χ0) is 13.5. The molecule has 0 aromatic heterocycles. The first-order chi connectivity index (χ1) is 9.36. The van der Waals surface area contributed by atoms with Crippen LogP contribution in [-0.4, -0.2) is 22.6 Å². The maximum Gasteiger partial charge on any atom is 0.117 e. The van der Waals surface area contributed by atoms with Crippen molar-refractivity contribution in [3.05, 3.63) is 71.3 Å². The molecule has 98 valence electrons. The molecule has 2 N–H and O–H groups in total. The van der Waals surface area contributed by atoms with Gasteiger partial charge in [0.05, 0.1) is 0 Å². The van der Waals surface area contributed by atoms with E-state index >= 15 is 0 Å². The van der Waals surface area contributed by atoms with Crippen LogP contribution in [0.15, 0.2) is 59.8 Å². The quantitative estimate of drug-likeness (QED) is 0.490. The van der Waals surface area contributed by atoms with Crippen molar-refractivity contribution in [1.29, 1.82) is 0 Å². The van der Waals surface area contributed by atoms with Gasteiger partial charge in [-0.25, -0.2) is 0 Å². The van der Waals surface area contributed by atoms with Crippen molar-refractivity contribution in [1.82, 2.24) is 0 Å². The number of nitrogens with zero attached hydrogens (tertiary/aromatic N) is 1. The van der Waals surface area contributed by atoms with E-state index in [4.69, 9.17) is 5.11 Å². The van der Waals surface area contributed by atoms with Gasteiger partial charge >= 0.3 is 0 Å². The van der Waals surface area contributed by atoms with Gasteiger partial charge in [-0.3, -0.25) is 0 Å². The van der Waals surface area contributed by atoms with E-state index in [0.717, 1.165) is 23.1 Å². The van der Waals surface area contributed by atoms with Crippen LogP contribution >= 0.6 is 0 Å². The van der Waals surface area contributed by atoms with E-state index in [1.807, 2.05) is 54.6 Å². The molecule has 0 radical (unpaired) electrons. The second-order valence-corrected chi connectivity index (χ2v) is 4.30. The summed E-state index contributed by atoms with van der Waals surface area (Å²) in [6.45, 7) is 0.158. The van der Waals surface area contributed by atoms with Crippen LogP contribution in [-0.2, 0) is 6.42 Å². The number of aryl methyl sites for hydroxylation is 1. The lowest BCUT2D eigenvalue weighted by molar-refractivity contribution is 0.288. The smallest absolute Gasteiger partial charge is 0.117 e. The Labute approximate surface area is 112 Å². The van der Waals surface area contributed by atoms with Crippen molar-refractivity contribution >= 4 is 5.71 Å². The Morgan fingerprint density at radius 1 is 0.947 bits per heavy atom. The van der Waals surface area contributed by atoms with Gasteiger partial charge in [-0.05, 0) is 18.4 Å². The molecule has 2 rings (SSSR count). The van der Waals surface area contributed by atoms with Crippen LogP contribution < -0.4 is 0 Å². The minimum absolute atomic E-state index is 0.158. The Bertz CT molecular complexity index is 550. The highest BCUT2D eigenvalue weighted by Crippen LogP contribution is 2.17. The Morgan fingerprint density at radius 3 is 2.32 bits per heavy atom. The van der Waals surface area contributed by atoms with E-state index < -0.39 is 0 Å². The summed E-state index contributed by atoms with van der Waals surface area (Å²) >= 11 is 0. The molecule has 0 aliphatic heterocycles. The van der Waals surface area contributed by atoms with Crippen LogP contribution in [0.3, 0.4) is 0 Å². The number of hydrogen-bond acceptors (Lipinski definition) is 3. The topological polar surface area (TPSA) is 52.8 Å². The molecular weight excluding hydrogens is 238 g/mol. The molecule has 0 saturated heterocycles. The lowest BCUT2D eigenvalue weighted by Gasteiger charge is -2.10. The Hall–Kier alpha value is -2.13. The predicted octanol–water partition coefficient (Wildman–Crippen LogP) is 2.84. The van der Waals surface area contributed by atoms with Gasteiger partial charge in [-0.1, -0.05) is 59.8 Å². The molecule has 0 heterocycles. The number of aliphatic hydroxyl groups excluding tert-OH is 1. The zero-order valence-electron chi connectivity index (χ0n) is 10.7. The number of hydrogen-bond donors (Lipinski definition) is 2. The molecule has 2 aromatic rings. The summed E-state index contributed by atoms with van der Waals surface area (Å²) in [6.07, 6.45) is 1.46. The first kappa shape index (κ1) is 13.3. The van der Waals surface area contributed by atoms with Crippen molar-refractivity contribution in [3.63, 3.8) is 0 Å². The lowest BCUT2D eigenvalue weighted by Crippen LogP contribution is -2.07. The summed E-state index contributed by atoms with van der Waals surface area (Å²) in [6, 6.07) is 17.4. The van der Waals surface area contributed by atoms with Crippen molar-refractivity contribution in [2.75, 3.05) is 6.61 Å². The molecule has 0 saturated carbocycles. The van der Waals surface area contributed by atoms with Crippen LogP contribution in [0, 0.1) is 0 Å². The molecule has 0 bridgehead atoms. The fraction of sp³-hybridized carbons (Fsp3) is 0.188. The lowest BCUT2D eigenvalue weighted by atomic mass is 9.95. The van der Waals surface area contributed by atoms with Crippen LogP contribution in [0.5, 0.6) is 0 Å². The van der Waals surface area contributed by atoms with Gasteiger partial charge in [-0.15, -0.1) is 0 Å². The van der Waals surface area contributed by atoms with Gasteiger partial charge in [-0.2, -0.15) is 0 Å².